The van der Waals surface area contributed by atoms with E-state index in [2.05, 4.69) is 26.0 Å². The molecule has 3 aromatic rings. The van der Waals surface area contributed by atoms with Crippen LogP contribution >= 0.6 is 15.9 Å². The lowest BCUT2D eigenvalue weighted by Gasteiger charge is -2.20. The first-order valence-corrected chi connectivity index (χ1v) is 11.9. The first-order chi connectivity index (χ1) is 14.5. The number of benzene rings is 2. The lowest BCUT2D eigenvalue weighted by atomic mass is 10.0. The summed E-state index contributed by atoms with van der Waals surface area (Å²) in [4.78, 5) is 24.5. The lowest BCUT2D eigenvalue weighted by Crippen LogP contribution is -2.44. The predicted octanol–water partition coefficient (Wildman–Crippen LogP) is 3.53. The van der Waals surface area contributed by atoms with Crippen LogP contribution in [-0.4, -0.2) is 24.9 Å². The smallest absolute Gasteiger partial charge is 0.408 e. The molecular formula is C21H24BrN3O5S. The summed E-state index contributed by atoms with van der Waals surface area (Å²) in [7, 11) is -2.51. The number of hydrogen-bond donors (Lipinski definition) is 2. The minimum absolute atomic E-state index is 0.0692. The first-order valence-electron chi connectivity index (χ1n) is 9.67. The van der Waals surface area contributed by atoms with E-state index in [1.54, 1.807) is 12.1 Å². The van der Waals surface area contributed by atoms with E-state index in [1.807, 2.05) is 26.8 Å². The maximum atomic E-state index is 13.0. The van der Waals surface area contributed by atoms with Crippen molar-refractivity contribution in [2.75, 3.05) is 5.32 Å². The van der Waals surface area contributed by atoms with Crippen LogP contribution in [0.1, 0.15) is 25.8 Å². The summed E-state index contributed by atoms with van der Waals surface area (Å²) in [6.07, 6.45) is 0.309. The zero-order valence-corrected chi connectivity index (χ0v) is 20.0. The van der Waals surface area contributed by atoms with E-state index in [1.165, 1.54) is 29.8 Å². The van der Waals surface area contributed by atoms with Crippen molar-refractivity contribution in [3.8, 4) is 0 Å². The van der Waals surface area contributed by atoms with E-state index in [9.17, 15) is 18.0 Å². The van der Waals surface area contributed by atoms with Gasteiger partial charge in [-0.1, -0.05) is 29.8 Å². The zero-order chi connectivity index (χ0) is 22.9. The monoisotopic (exact) mass is 509 g/mol. The number of amides is 1. The number of sulfonamides is 1. The number of hydrogen-bond acceptors (Lipinski definition) is 5. The lowest BCUT2D eigenvalue weighted by molar-refractivity contribution is -0.118. The second-order valence-corrected chi connectivity index (χ2v) is 10.4. The van der Waals surface area contributed by atoms with Gasteiger partial charge in [0.2, 0.25) is 15.9 Å². The van der Waals surface area contributed by atoms with Gasteiger partial charge in [0.15, 0.2) is 5.58 Å². The number of nitrogens with zero attached hydrogens (tertiary/aromatic N) is 1. The van der Waals surface area contributed by atoms with Crippen molar-refractivity contribution in [3.05, 3.63) is 57.0 Å². The SMILES string of the molecule is Cc1cc(NC(=O)[C@@H](CC(C)C)NS(=O)(=O)c2ccc3c(c2)oc(=O)n3C)ccc1Br. The van der Waals surface area contributed by atoms with Gasteiger partial charge in [-0.25, -0.2) is 13.2 Å². The van der Waals surface area contributed by atoms with Gasteiger partial charge in [-0.2, -0.15) is 4.72 Å². The number of rotatable bonds is 7. The maximum absolute atomic E-state index is 13.0. The number of anilines is 1. The van der Waals surface area contributed by atoms with E-state index < -0.39 is 27.7 Å². The highest BCUT2D eigenvalue weighted by Gasteiger charge is 2.27. The van der Waals surface area contributed by atoms with Crippen molar-refractivity contribution in [2.24, 2.45) is 13.0 Å². The molecule has 0 aliphatic rings. The van der Waals surface area contributed by atoms with Crippen LogP contribution in [-0.2, 0) is 21.9 Å². The molecule has 3 rings (SSSR count). The van der Waals surface area contributed by atoms with E-state index in [0.29, 0.717) is 17.6 Å². The molecule has 31 heavy (non-hydrogen) atoms. The third kappa shape index (κ3) is 5.25. The quantitative estimate of drug-likeness (QED) is 0.506. The fourth-order valence-corrected chi connectivity index (χ4v) is 4.64. The number of halogens is 1. The second kappa shape index (κ2) is 8.97. The standard InChI is InChI=1S/C21H24BrN3O5S/c1-12(2)9-17(20(26)23-14-5-7-16(22)13(3)10-14)24-31(28,29)15-6-8-18-19(11-15)30-21(27)25(18)4/h5-8,10-12,17,24H,9H2,1-4H3,(H,23,26)/t17-/m1/s1. The molecule has 0 aliphatic carbocycles. The van der Waals surface area contributed by atoms with Crippen LogP contribution in [0.2, 0.25) is 0 Å². The summed E-state index contributed by atoms with van der Waals surface area (Å²) >= 11 is 3.41. The molecule has 1 atom stereocenters. The average molecular weight is 510 g/mol. The molecule has 0 aliphatic heterocycles. The van der Waals surface area contributed by atoms with Crippen LogP contribution in [0.3, 0.4) is 0 Å². The molecule has 166 valence electrons. The number of aryl methyl sites for hydroxylation is 2. The Morgan fingerprint density at radius 3 is 2.55 bits per heavy atom. The highest BCUT2D eigenvalue weighted by molar-refractivity contribution is 9.10. The number of aromatic nitrogens is 1. The van der Waals surface area contributed by atoms with Crippen LogP contribution < -0.4 is 15.8 Å². The highest BCUT2D eigenvalue weighted by atomic mass is 79.9. The molecule has 8 nitrogen and oxygen atoms in total. The molecule has 10 heteroatoms. The average Bonchev–Trinajstić information content (AvgIpc) is 2.97. The summed E-state index contributed by atoms with van der Waals surface area (Å²) in [5.41, 5.74) is 2.15. The highest BCUT2D eigenvalue weighted by Crippen LogP contribution is 2.22. The largest absolute Gasteiger partial charge is 0.419 e. The van der Waals surface area contributed by atoms with Gasteiger partial charge >= 0.3 is 5.76 Å². The Bertz CT molecular complexity index is 1290. The van der Waals surface area contributed by atoms with Crippen molar-refractivity contribution < 1.29 is 17.6 Å². The number of oxazole rings is 1. The minimum atomic E-state index is -4.04. The molecule has 1 amide bonds. The number of nitrogens with one attached hydrogen (secondary N) is 2. The van der Waals surface area contributed by atoms with Crippen molar-refractivity contribution >= 4 is 48.6 Å². The molecular weight excluding hydrogens is 486 g/mol. The predicted molar refractivity (Wildman–Crippen MR) is 123 cm³/mol. The van der Waals surface area contributed by atoms with Crippen molar-refractivity contribution in [3.63, 3.8) is 0 Å². The van der Waals surface area contributed by atoms with Gasteiger partial charge in [0.1, 0.15) is 6.04 Å². The van der Waals surface area contributed by atoms with Crippen LogP contribution in [0.25, 0.3) is 11.1 Å². The summed E-state index contributed by atoms with van der Waals surface area (Å²) in [6.45, 7) is 5.71. The number of fused-ring (bicyclic) bond motifs is 1. The topological polar surface area (TPSA) is 110 Å². The number of carbonyl (C=O) groups excluding carboxylic acids is 1. The van der Waals surface area contributed by atoms with E-state index >= 15 is 0 Å². The second-order valence-electron chi connectivity index (χ2n) is 7.81. The van der Waals surface area contributed by atoms with E-state index in [4.69, 9.17) is 4.42 Å². The van der Waals surface area contributed by atoms with Crippen LogP contribution in [0.15, 0.2) is 55.0 Å². The van der Waals surface area contributed by atoms with Gasteiger partial charge in [-0.05, 0) is 55.2 Å². The molecule has 0 saturated carbocycles. The molecule has 0 unspecified atom stereocenters. The van der Waals surface area contributed by atoms with Gasteiger partial charge in [-0.15, -0.1) is 0 Å². The molecule has 0 spiro atoms. The third-order valence-electron chi connectivity index (χ3n) is 4.82. The molecule has 0 fully saturated rings. The Kier molecular flexibility index (Phi) is 6.73. The number of carbonyl (C=O) groups is 1. The zero-order valence-electron chi connectivity index (χ0n) is 17.6. The molecule has 2 N–H and O–H groups in total. The van der Waals surface area contributed by atoms with Gasteiger partial charge in [0, 0.05) is 23.3 Å². The van der Waals surface area contributed by atoms with Gasteiger partial charge in [0.05, 0.1) is 10.4 Å². The van der Waals surface area contributed by atoms with Gasteiger partial charge in [0.25, 0.3) is 0 Å². The molecule has 1 heterocycles. The first kappa shape index (κ1) is 23.2. The van der Waals surface area contributed by atoms with Crippen LogP contribution in [0, 0.1) is 12.8 Å². The summed E-state index contributed by atoms with van der Waals surface area (Å²) in [6, 6.07) is 8.53. The van der Waals surface area contributed by atoms with Gasteiger partial charge in [-0.3, -0.25) is 9.36 Å². The van der Waals surface area contributed by atoms with Crippen molar-refractivity contribution in [2.45, 2.75) is 38.1 Å². The van der Waals surface area contributed by atoms with E-state index in [-0.39, 0.29) is 16.4 Å². The Morgan fingerprint density at radius 1 is 1.19 bits per heavy atom. The summed E-state index contributed by atoms with van der Waals surface area (Å²) < 4.78 is 35.8. The maximum Gasteiger partial charge on any atom is 0.419 e. The van der Waals surface area contributed by atoms with Crippen LogP contribution in [0.5, 0.6) is 0 Å². The fourth-order valence-electron chi connectivity index (χ4n) is 3.17. The third-order valence-corrected chi connectivity index (χ3v) is 7.18. The molecule has 2 aromatic carbocycles. The Morgan fingerprint density at radius 2 is 1.90 bits per heavy atom. The normalized spacial score (nSPS) is 13.0. The Hall–Kier alpha value is -2.43. The fraction of sp³-hybridized carbons (Fsp3) is 0.333. The van der Waals surface area contributed by atoms with Crippen molar-refractivity contribution in [1.29, 1.82) is 0 Å². The molecule has 0 bridgehead atoms. The summed E-state index contributed by atoms with van der Waals surface area (Å²) in [5.74, 6) is -0.967. The van der Waals surface area contributed by atoms with Gasteiger partial charge < -0.3 is 9.73 Å². The Balaban J connectivity index is 1.87. The van der Waals surface area contributed by atoms with Crippen LogP contribution in [0.4, 0.5) is 5.69 Å². The molecule has 0 radical (unpaired) electrons. The van der Waals surface area contributed by atoms with E-state index in [0.717, 1.165) is 10.0 Å². The molecule has 0 saturated heterocycles. The molecule has 1 aromatic heterocycles. The Labute approximate surface area is 188 Å². The van der Waals surface area contributed by atoms with Crippen molar-refractivity contribution in [1.82, 2.24) is 9.29 Å². The summed E-state index contributed by atoms with van der Waals surface area (Å²) in [5, 5.41) is 2.78. The minimum Gasteiger partial charge on any atom is -0.408 e.